The van der Waals surface area contributed by atoms with Crippen LogP contribution in [0.15, 0.2) is 48.5 Å². The number of rotatable bonds is 8. The van der Waals surface area contributed by atoms with Crippen LogP contribution in [0.4, 0.5) is 13.6 Å². The van der Waals surface area contributed by atoms with Gasteiger partial charge in [0.2, 0.25) is 5.91 Å². The molecule has 2 aromatic carbocycles. The summed E-state index contributed by atoms with van der Waals surface area (Å²) in [4.78, 5) is 44.4. The summed E-state index contributed by atoms with van der Waals surface area (Å²) in [5.74, 6) is -1.32. The summed E-state index contributed by atoms with van der Waals surface area (Å²) in [6.45, 7) is 1.68. The van der Waals surface area contributed by atoms with Crippen molar-refractivity contribution in [2.45, 2.75) is 31.2 Å². The van der Waals surface area contributed by atoms with Crippen molar-refractivity contribution < 1.29 is 23.2 Å². The van der Waals surface area contributed by atoms with Gasteiger partial charge in [0.05, 0.1) is 6.42 Å². The molecular weight excluding hydrogens is 466 g/mol. The molecule has 0 radical (unpaired) electrons. The second-order valence-electron chi connectivity index (χ2n) is 9.93. The molecule has 4 amide bonds. The molecule has 0 saturated carbocycles. The van der Waals surface area contributed by atoms with Crippen LogP contribution in [0.5, 0.6) is 0 Å². The molecule has 0 aliphatic carbocycles. The zero-order chi connectivity index (χ0) is 25.9. The second kappa shape index (κ2) is 10.7. The molecule has 7 nitrogen and oxygen atoms in total. The number of hydrogen-bond acceptors (Lipinski definition) is 4. The first-order chi connectivity index (χ1) is 17.2. The minimum atomic E-state index is -1.19. The van der Waals surface area contributed by atoms with Crippen LogP contribution in [0.25, 0.3) is 0 Å². The average Bonchev–Trinajstić information content (AvgIpc) is 3.08. The fourth-order valence-corrected chi connectivity index (χ4v) is 5.17. The maximum absolute atomic E-state index is 14.0. The average molecular weight is 499 g/mol. The lowest BCUT2D eigenvalue weighted by Gasteiger charge is -2.41. The summed E-state index contributed by atoms with van der Waals surface area (Å²) in [6, 6.07) is 11.5. The maximum Gasteiger partial charge on any atom is 0.325 e. The Morgan fingerprint density at radius 2 is 1.72 bits per heavy atom. The van der Waals surface area contributed by atoms with Crippen LogP contribution in [-0.2, 0) is 22.4 Å². The molecule has 36 heavy (non-hydrogen) atoms. The topological polar surface area (TPSA) is 73.0 Å². The zero-order valence-electron chi connectivity index (χ0n) is 20.7. The van der Waals surface area contributed by atoms with Crippen LogP contribution in [0.1, 0.15) is 24.0 Å². The van der Waals surface area contributed by atoms with Crippen LogP contribution >= 0.6 is 0 Å². The zero-order valence-corrected chi connectivity index (χ0v) is 20.7. The van der Waals surface area contributed by atoms with Gasteiger partial charge >= 0.3 is 6.03 Å². The summed E-state index contributed by atoms with van der Waals surface area (Å²) in [6.07, 6.45) is 1.41. The van der Waals surface area contributed by atoms with E-state index in [4.69, 9.17) is 0 Å². The summed E-state index contributed by atoms with van der Waals surface area (Å²) in [5.41, 5.74) is 0.178. The number of piperidine rings is 1. The Morgan fingerprint density at radius 1 is 1.03 bits per heavy atom. The molecule has 2 aromatic rings. The summed E-state index contributed by atoms with van der Waals surface area (Å²) >= 11 is 0. The minimum absolute atomic E-state index is 0.0615. The van der Waals surface area contributed by atoms with Crippen LogP contribution in [0.3, 0.4) is 0 Å². The normalized spacial score (nSPS) is 20.8. The van der Waals surface area contributed by atoms with Gasteiger partial charge in [0.15, 0.2) is 0 Å². The predicted octanol–water partition coefficient (Wildman–Crippen LogP) is 2.84. The Hall–Kier alpha value is -3.33. The van der Waals surface area contributed by atoms with E-state index in [9.17, 15) is 23.2 Å². The summed E-state index contributed by atoms with van der Waals surface area (Å²) in [7, 11) is 3.74. The molecule has 0 unspecified atom stereocenters. The molecule has 1 atom stereocenters. The Morgan fingerprint density at radius 3 is 2.36 bits per heavy atom. The number of hydrogen-bond donors (Lipinski definition) is 1. The van der Waals surface area contributed by atoms with Gasteiger partial charge in [-0.25, -0.2) is 13.6 Å². The molecule has 2 aliphatic heterocycles. The van der Waals surface area contributed by atoms with Crippen LogP contribution in [0, 0.1) is 17.6 Å². The van der Waals surface area contributed by atoms with E-state index in [1.54, 1.807) is 29.2 Å². The molecular formula is C27H32F2N4O3. The first-order valence-corrected chi connectivity index (χ1v) is 12.2. The molecule has 0 bridgehead atoms. The number of likely N-dealkylation sites (tertiary alicyclic amines) is 1. The highest BCUT2D eigenvalue weighted by atomic mass is 19.1. The molecule has 0 spiro atoms. The SMILES string of the molecule is CN(C)CCN1C(=O)N[C@](Cc2cccc(F)c2)(C2CCN(C(=O)Cc3ccc(F)cc3)CC2)C1=O. The van der Waals surface area contributed by atoms with Gasteiger partial charge in [-0.3, -0.25) is 14.5 Å². The van der Waals surface area contributed by atoms with E-state index in [1.165, 1.54) is 29.2 Å². The van der Waals surface area contributed by atoms with E-state index in [0.29, 0.717) is 38.0 Å². The van der Waals surface area contributed by atoms with Gasteiger partial charge in [-0.15, -0.1) is 0 Å². The lowest BCUT2D eigenvalue weighted by atomic mass is 9.73. The van der Waals surface area contributed by atoms with Crippen molar-refractivity contribution in [3.8, 4) is 0 Å². The Kier molecular flexibility index (Phi) is 7.68. The number of carbonyl (C=O) groups is 3. The van der Waals surface area contributed by atoms with E-state index in [1.807, 2.05) is 19.0 Å². The predicted molar refractivity (Wildman–Crippen MR) is 131 cm³/mol. The van der Waals surface area contributed by atoms with E-state index in [-0.39, 0.29) is 42.9 Å². The molecule has 192 valence electrons. The second-order valence-corrected chi connectivity index (χ2v) is 9.93. The highest BCUT2D eigenvalue weighted by molar-refractivity contribution is 6.07. The fourth-order valence-electron chi connectivity index (χ4n) is 5.17. The smallest absolute Gasteiger partial charge is 0.325 e. The van der Waals surface area contributed by atoms with E-state index in [2.05, 4.69) is 5.32 Å². The van der Waals surface area contributed by atoms with E-state index < -0.39 is 17.4 Å². The highest BCUT2D eigenvalue weighted by Crippen LogP contribution is 2.36. The van der Waals surface area contributed by atoms with Gasteiger partial charge in [0.1, 0.15) is 17.2 Å². The van der Waals surface area contributed by atoms with Gasteiger partial charge < -0.3 is 15.1 Å². The number of halogens is 2. The van der Waals surface area contributed by atoms with Crippen molar-refractivity contribution in [2.24, 2.45) is 5.92 Å². The third-order valence-corrected chi connectivity index (χ3v) is 7.16. The van der Waals surface area contributed by atoms with Crippen molar-refractivity contribution in [2.75, 3.05) is 40.3 Å². The summed E-state index contributed by atoms with van der Waals surface area (Å²) < 4.78 is 27.1. The largest absolute Gasteiger partial charge is 0.342 e. The first-order valence-electron chi connectivity index (χ1n) is 12.2. The molecule has 9 heteroatoms. The lowest BCUT2D eigenvalue weighted by molar-refractivity contribution is -0.135. The van der Waals surface area contributed by atoms with Crippen LogP contribution < -0.4 is 5.32 Å². The molecule has 1 N–H and O–H groups in total. The van der Waals surface area contributed by atoms with Gasteiger partial charge in [-0.2, -0.15) is 0 Å². The standard InChI is InChI=1S/C27H32F2N4O3/c1-31(2)14-15-33-25(35)27(30-26(33)36,18-20-4-3-5-23(29)16-20)21-10-12-32(13-11-21)24(34)17-19-6-8-22(28)9-7-19/h3-9,16,21H,10-15,17-18H2,1-2H3,(H,30,36)/t27-/m1/s1. The fraction of sp³-hybridized carbons (Fsp3) is 0.444. The molecule has 2 aliphatic rings. The van der Waals surface area contributed by atoms with Gasteiger partial charge in [0, 0.05) is 32.6 Å². The van der Waals surface area contributed by atoms with Crippen LogP contribution in [-0.4, -0.2) is 78.4 Å². The number of benzene rings is 2. The third-order valence-electron chi connectivity index (χ3n) is 7.16. The minimum Gasteiger partial charge on any atom is -0.342 e. The van der Waals surface area contributed by atoms with Crippen molar-refractivity contribution in [1.82, 2.24) is 20.0 Å². The van der Waals surface area contributed by atoms with Crippen molar-refractivity contribution in [3.05, 3.63) is 71.3 Å². The quantitative estimate of drug-likeness (QED) is 0.569. The maximum atomic E-state index is 14.0. The number of urea groups is 1. The number of likely N-dealkylation sites (N-methyl/N-ethyl adjacent to an activating group) is 1. The van der Waals surface area contributed by atoms with Gasteiger partial charge in [-0.1, -0.05) is 24.3 Å². The van der Waals surface area contributed by atoms with Crippen molar-refractivity contribution >= 4 is 17.8 Å². The number of imide groups is 1. The lowest BCUT2D eigenvalue weighted by Crippen LogP contribution is -2.58. The summed E-state index contributed by atoms with van der Waals surface area (Å²) in [5, 5.41) is 2.98. The number of nitrogens with one attached hydrogen (secondary N) is 1. The third kappa shape index (κ3) is 5.56. The van der Waals surface area contributed by atoms with Crippen molar-refractivity contribution in [3.63, 3.8) is 0 Å². The molecule has 0 aromatic heterocycles. The Bertz CT molecular complexity index is 1120. The molecule has 2 heterocycles. The number of amides is 4. The molecule has 2 saturated heterocycles. The first kappa shape index (κ1) is 25.8. The highest BCUT2D eigenvalue weighted by Gasteiger charge is 2.55. The Balaban J connectivity index is 1.50. The number of nitrogens with zero attached hydrogens (tertiary/aromatic N) is 3. The Labute approximate surface area is 210 Å². The van der Waals surface area contributed by atoms with Gasteiger partial charge in [-0.05, 0) is 68.2 Å². The van der Waals surface area contributed by atoms with Crippen LogP contribution in [0.2, 0.25) is 0 Å². The van der Waals surface area contributed by atoms with Crippen molar-refractivity contribution in [1.29, 1.82) is 0 Å². The number of carbonyl (C=O) groups excluding carboxylic acids is 3. The monoisotopic (exact) mass is 498 g/mol. The van der Waals surface area contributed by atoms with E-state index in [0.717, 1.165) is 5.56 Å². The van der Waals surface area contributed by atoms with Gasteiger partial charge in [0.25, 0.3) is 5.91 Å². The van der Waals surface area contributed by atoms with E-state index >= 15 is 0 Å². The molecule has 4 rings (SSSR count). The molecule has 2 fully saturated rings.